The Morgan fingerprint density at radius 1 is 1.22 bits per heavy atom. The number of rotatable bonds is 4. The van der Waals surface area contributed by atoms with E-state index >= 15 is 0 Å². The third kappa shape index (κ3) is 3.92. The SMILES string of the molecule is O=C(Cc1noc(-c2cccc(F)c2)n1)Nc1cccc(Cl)c1. The fraction of sp³-hybridized carbons (Fsp3) is 0.0625. The van der Waals surface area contributed by atoms with Gasteiger partial charge in [0.05, 0.1) is 6.42 Å². The van der Waals surface area contributed by atoms with Gasteiger partial charge in [-0.05, 0) is 36.4 Å². The molecule has 1 aromatic heterocycles. The molecule has 1 heterocycles. The fourth-order valence-corrected chi connectivity index (χ4v) is 2.17. The van der Waals surface area contributed by atoms with E-state index in [4.69, 9.17) is 16.1 Å². The second-order valence-corrected chi connectivity index (χ2v) is 5.20. The predicted octanol–water partition coefficient (Wildman–Crippen LogP) is 3.71. The number of nitrogens with zero attached hydrogens (tertiary/aromatic N) is 2. The molecule has 0 bridgehead atoms. The molecule has 1 amide bonds. The van der Waals surface area contributed by atoms with Crippen LogP contribution in [0, 0.1) is 5.82 Å². The van der Waals surface area contributed by atoms with E-state index in [-0.39, 0.29) is 24.0 Å². The molecule has 5 nitrogen and oxygen atoms in total. The van der Waals surface area contributed by atoms with E-state index < -0.39 is 5.82 Å². The van der Waals surface area contributed by atoms with Crippen molar-refractivity contribution < 1.29 is 13.7 Å². The first-order chi connectivity index (χ1) is 11.1. The van der Waals surface area contributed by atoms with Gasteiger partial charge in [-0.1, -0.05) is 28.9 Å². The normalized spacial score (nSPS) is 10.5. The van der Waals surface area contributed by atoms with Gasteiger partial charge in [-0.2, -0.15) is 4.98 Å². The molecule has 0 spiro atoms. The van der Waals surface area contributed by atoms with Crippen molar-refractivity contribution in [1.29, 1.82) is 0 Å². The molecular weight excluding hydrogens is 321 g/mol. The van der Waals surface area contributed by atoms with Gasteiger partial charge < -0.3 is 9.84 Å². The van der Waals surface area contributed by atoms with Crippen LogP contribution in [0.5, 0.6) is 0 Å². The number of anilines is 1. The highest BCUT2D eigenvalue weighted by atomic mass is 35.5. The summed E-state index contributed by atoms with van der Waals surface area (Å²) in [4.78, 5) is 16.0. The molecule has 116 valence electrons. The molecule has 0 unspecified atom stereocenters. The van der Waals surface area contributed by atoms with Crippen LogP contribution >= 0.6 is 11.6 Å². The molecule has 0 aliphatic carbocycles. The Kier molecular flexibility index (Phi) is 4.34. The van der Waals surface area contributed by atoms with Crippen LogP contribution < -0.4 is 5.32 Å². The Labute approximate surface area is 136 Å². The minimum atomic E-state index is -0.402. The number of carbonyl (C=O) groups is 1. The van der Waals surface area contributed by atoms with Crippen LogP contribution in [0.15, 0.2) is 53.1 Å². The monoisotopic (exact) mass is 331 g/mol. The first kappa shape index (κ1) is 15.2. The fourth-order valence-electron chi connectivity index (χ4n) is 1.98. The van der Waals surface area contributed by atoms with Crippen LogP contribution in [0.1, 0.15) is 5.82 Å². The molecule has 1 N–H and O–H groups in total. The third-order valence-corrected chi connectivity index (χ3v) is 3.20. The number of benzene rings is 2. The van der Waals surface area contributed by atoms with Gasteiger partial charge in [-0.3, -0.25) is 4.79 Å². The highest BCUT2D eigenvalue weighted by Gasteiger charge is 2.13. The van der Waals surface area contributed by atoms with Gasteiger partial charge in [-0.25, -0.2) is 4.39 Å². The average Bonchev–Trinajstić information content (AvgIpc) is 2.95. The van der Waals surface area contributed by atoms with Gasteiger partial charge in [-0.15, -0.1) is 0 Å². The molecule has 0 aliphatic heterocycles. The maximum absolute atomic E-state index is 13.2. The molecule has 0 saturated heterocycles. The minimum absolute atomic E-state index is 0.0642. The lowest BCUT2D eigenvalue weighted by molar-refractivity contribution is -0.115. The molecule has 0 radical (unpaired) electrons. The van der Waals surface area contributed by atoms with Gasteiger partial charge in [0, 0.05) is 16.3 Å². The van der Waals surface area contributed by atoms with Crippen LogP contribution in [-0.2, 0) is 11.2 Å². The van der Waals surface area contributed by atoms with Crippen LogP contribution in [0.25, 0.3) is 11.5 Å². The summed E-state index contributed by atoms with van der Waals surface area (Å²) in [6, 6.07) is 12.6. The number of aromatic nitrogens is 2. The number of hydrogen-bond donors (Lipinski definition) is 1. The molecule has 0 aliphatic rings. The molecule has 0 atom stereocenters. The lowest BCUT2D eigenvalue weighted by atomic mass is 10.2. The zero-order valence-electron chi connectivity index (χ0n) is 11.8. The Hall–Kier alpha value is -2.73. The van der Waals surface area contributed by atoms with Gasteiger partial charge >= 0.3 is 0 Å². The molecule has 23 heavy (non-hydrogen) atoms. The lowest BCUT2D eigenvalue weighted by Crippen LogP contribution is -2.15. The summed E-state index contributed by atoms with van der Waals surface area (Å²) in [7, 11) is 0. The van der Waals surface area contributed by atoms with E-state index in [1.807, 2.05) is 0 Å². The van der Waals surface area contributed by atoms with Gasteiger partial charge in [0.1, 0.15) is 5.82 Å². The van der Waals surface area contributed by atoms with Gasteiger partial charge in [0.15, 0.2) is 5.82 Å². The zero-order valence-corrected chi connectivity index (χ0v) is 12.5. The molecule has 3 rings (SSSR count). The predicted molar refractivity (Wildman–Crippen MR) is 83.5 cm³/mol. The summed E-state index contributed by atoms with van der Waals surface area (Å²) in [5, 5.41) is 6.93. The number of halogens is 2. The van der Waals surface area contributed by atoms with E-state index in [1.54, 1.807) is 36.4 Å². The van der Waals surface area contributed by atoms with Crippen molar-refractivity contribution >= 4 is 23.2 Å². The largest absolute Gasteiger partial charge is 0.334 e. The Morgan fingerprint density at radius 2 is 2.04 bits per heavy atom. The van der Waals surface area contributed by atoms with E-state index in [2.05, 4.69) is 15.5 Å². The van der Waals surface area contributed by atoms with E-state index in [9.17, 15) is 9.18 Å². The average molecular weight is 332 g/mol. The first-order valence-electron chi connectivity index (χ1n) is 6.74. The Bertz CT molecular complexity index is 851. The maximum Gasteiger partial charge on any atom is 0.258 e. The minimum Gasteiger partial charge on any atom is -0.334 e. The summed E-state index contributed by atoms with van der Waals surface area (Å²) in [6.07, 6.45) is -0.0642. The van der Waals surface area contributed by atoms with Crippen molar-refractivity contribution in [2.45, 2.75) is 6.42 Å². The quantitative estimate of drug-likeness (QED) is 0.791. The topological polar surface area (TPSA) is 68.0 Å². The Balaban J connectivity index is 1.68. The summed E-state index contributed by atoms with van der Waals surface area (Å²) >= 11 is 5.85. The summed E-state index contributed by atoms with van der Waals surface area (Å²) < 4.78 is 18.2. The van der Waals surface area contributed by atoms with E-state index in [0.29, 0.717) is 16.3 Å². The lowest BCUT2D eigenvalue weighted by Gasteiger charge is -2.03. The smallest absolute Gasteiger partial charge is 0.258 e. The van der Waals surface area contributed by atoms with E-state index in [0.717, 1.165) is 0 Å². The summed E-state index contributed by atoms with van der Waals surface area (Å²) in [6.45, 7) is 0. The number of carbonyl (C=O) groups excluding carboxylic acids is 1. The first-order valence-corrected chi connectivity index (χ1v) is 7.12. The van der Waals surface area contributed by atoms with Crippen molar-refractivity contribution in [3.63, 3.8) is 0 Å². The maximum atomic E-state index is 13.2. The molecule has 0 saturated carbocycles. The standard InChI is InChI=1S/C16H11ClFN3O2/c17-11-4-2-6-13(8-11)19-15(22)9-14-20-16(23-21-14)10-3-1-5-12(18)7-10/h1-8H,9H2,(H,19,22). The van der Waals surface area contributed by atoms with Gasteiger partial charge in [0.2, 0.25) is 5.91 Å². The van der Waals surface area contributed by atoms with Gasteiger partial charge in [0.25, 0.3) is 5.89 Å². The zero-order chi connectivity index (χ0) is 16.2. The molecule has 7 heteroatoms. The second-order valence-electron chi connectivity index (χ2n) is 4.76. The van der Waals surface area contributed by atoms with E-state index in [1.165, 1.54) is 12.1 Å². The third-order valence-electron chi connectivity index (χ3n) is 2.97. The summed E-state index contributed by atoms with van der Waals surface area (Å²) in [5.74, 6) is -0.335. The summed E-state index contributed by atoms with van der Waals surface area (Å²) in [5.41, 5.74) is 1.04. The molecule has 2 aromatic carbocycles. The number of amides is 1. The molecule has 0 fully saturated rings. The van der Waals surface area contributed by atoms with Crippen LogP contribution in [0.2, 0.25) is 5.02 Å². The van der Waals surface area contributed by atoms with Crippen molar-refractivity contribution in [2.75, 3.05) is 5.32 Å². The van der Waals surface area contributed by atoms with Crippen molar-refractivity contribution in [2.24, 2.45) is 0 Å². The molecular formula is C16H11ClFN3O2. The van der Waals surface area contributed by atoms with Crippen LogP contribution in [-0.4, -0.2) is 16.0 Å². The number of nitrogens with one attached hydrogen (secondary N) is 1. The highest BCUT2D eigenvalue weighted by Crippen LogP contribution is 2.18. The van der Waals surface area contributed by atoms with Crippen molar-refractivity contribution in [3.05, 3.63) is 65.2 Å². The number of hydrogen-bond acceptors (Lipinski definition) is 4. The highest BCUT2D eigenvalue weighted by molar-refractivity contribution is 6.30. The van der Waals surface area contributed by atoms with Crippen LogP contribution in [0.3, 0.4) is 0 Å². The van der Waals surface area contributed by atoms with Crippen molar-refractivity contribution in [3.8, 4) is 11.5 Å². The molecule has 3 aromatic rings. The Morgan fingerprint density at radius 3 is 2.83 bits per heavy atom. The van der Waals surface area contributed by atoms with Crippen molar-refractivity contribution in [1.82, 2.24) is 10.1 Å². The van der Waals surface area contributed by atoms with Crippen LogP contribution in [0.4, 0.5) is 10.1 Å². The second kappa shape index (κ2) is 6.58.